The minimum atomic E-state index is 0.164. The first-order valence-corrected chi connectivity index (χ1v) is 8.99. The first-order chi connectivity index (χ1) is 10.6. The predicted molar refractivity (Wildman–Crippen MR) is 87.5 cm³/mol. The number of hydrogen-bond acceptors (Lipinski definition) is 5. The van der Waals surface area contributed by atoms with Gasteiger partial charge in [0.25, 0.3) is 5.91 Å². The van der Waals surface area contributed by atoms with Crippen LogP contribution in [0.2, 0.25) is 0 Å². The minimum absolute atomic E-state index is 0.164. The van der Waals surface area contributed by atoms with Crippen molar-refractivity contribution in [3.8, 4) is 0 Å². The zero-order valence-corrected chi connectivity index (χ0v) is 14.5. The molecule has 3 rings (SSSR count). The summed E-state index contributed by atoms with van der Waals surface area (Å²) in [5.74, 6) is 0.679. The number of carbonyl (C=O) groups is 1. The van der Waals surface area contributed by atoms with E-state index in [-0.39, 0.29) is 5.91 Å². The summed E-state index contributed by atoms with van der Waals surface area (Å²) in [6.07, 6.45) is 0.894. The van der Waals surface area contributed by atoms with Crippen LogP contribution < -0.4 is 0 Å². The molecule has 0 bridgehead atoms. The molecule has 2 saturated heterocycles. The zero-order chi connectivity index (χ0) is 15.7. The van der Waals surface area contributed by atoms with Crippen molar-refractivity contribution in [3.63, 3.8) is 0 Å². The fraction of sp³-hybridized carbons (Fsp3) is 0.750. The summed E-state index contributed by atoms with van der Waals surface area (Å²) in [4.78, 5) is 22.6. The highest BCUT2D eigenvalue weighted by Gasteiger charge is 2.37. The monoisotopic (exact) mass is 323 g/mol. The van der Waals surface area contributed by atoms with E-state index in [1.165, 1.54) is 0 Å². The van der Waals surface area contributed by atoms with Gasteiger partial charge in [-0.25, -0.2) is 4.98 Å². The highest BCUT2D eigenvalue weighted by molar-refractivity contribution is 7.13. The summed E-state index contributed by atoms with van der Waals surface area (Å²) in [5.41, 5.74) is 0.884. The maximum Gasteiger partial charge on any atom is 0.265 e. The molecule has 1 aromatic heterocycles. The molecule has 0 saturated carbocycles. The molecule has 5 nitrogen and oxygen atoms in total. The van der Waals surface area contributed by atoms with Crippen LogP contribution in [-0.4, -0.2) is 66.1 Å². The molecule has 22 heavy (non-hydrogen) atoms. The Balaban J connectivity index is 1.70. The molecule has 122 valence electrons. The molecule has 2 fully saturated rings. The van der Waals surface area contributed by atoms with Crippen LogP contribution in [0.4, 0.5) is 0 Å². The van der Waals surface area contributed by atoms with Crippen molar-refractivity contribution in [2.45, 2.75) is 33.2 Å². The Morgan fingerprint density at radius 3 is 2.73 bits per heavy atom. The van der Waals surface area contributed by atoms with Gasteiger partial charge in [-0.1, -0.05) is 13.8 Å². The first-order valence-electron chi connectivity index (χ1n) is 8.17. The lowest BCUT2D eigenvalue weighted by molar-refractivity contribution is 0.0119. The molecule has 1 aromatic rings. The van der Waals surface area contributed by atoms with Crippen LogP contribution in [0.15, 0.2) is 0 Å². The van der Waals surface area contributed by atoms with Crippen LogP contribution in [0.3, 0.4) is 0 Å². The second kappa shape index (κ2) is 6.64. The third kappa shape index (κ3) is 3.05. The van der Waals surface area contributed by atoms with Crippen LogP contribution in [0.25, 0.3) is 0 Å². The Morgan fingerprint density at radius 2 is 2.09 bits per heavy atom. The summed E-state index contributed by atoms with van der Waals surface area (Å²) in [5, 5.41) is 1.05. The van der Waals surface area contributed by atoms with Gasteiger partial charge < -0.3 is 9.64 Å². The number of carbonyl (C=O) groups excluding carboxylic acids is 1. The number of thiazole rings is 1. The molecule has 0 aliphatic carbocycles. The van der Waals surface area contributed by atoms with Gasteiger partial charge in [-0.15, -0.1) is 11.3 Å². The van der Waals surface area contributed by atoms with E-state index in [2.05, 4.69) is 23.7 Å². The number of aromatic nitrogens is 1. The lowest BCUT2D eigenvalue weighted by atomic mass is 10.0. The van der Waals surface area contributed by atoms with Gasteiger partial charge in [-0.3, -0.25) is 9.69 Å². The van der Waals surface area contributed by atoms with E-state index < -0.39 is 0 Å². The number of morpholine rings is 1. The maximum atomic E-state index is 12.8. The molecule has 0 N–H and O–H groups in total. The highest BCUT2D eigenvalue weighted by Crippen LogP contribution is 2.27. The minimum Gasteiger partial charge on any atom is -0.379 e. The second-order valence-electron chi connectivity index (χ2n) is 6.28. The molecule has 0 spiro atoms. The smallest absolute Gasteiger partial charge is 0.265 e. The normalized spacial score (nSPS) is 26.6. The lowest BCUT2D eigenvalue weighted by Crippen LogP contribution is -2.47. The third-order valence-corrected chi connectivity index (χ3v) is 6.00. The van der Waals surface area contributed by atoms with Gasteiger partial charge in [-0.05, 0) is 19.3 Å². The Morgan fingerprint density at radius 1 is 1.36 bits per heavy atom. The van der Waals surface area contributed by atoms with Gasteiger partial charge >= 0.3 is 0 Å². The third-order valence-electron chi connectivity index (χ3n) is 4.71. The topological polar surface area (TPSA) is 45.7 Å². The fourth-order valence-electron chi connectivity index (χ4n) is 3.45. The number of amides is 1. The molecule has 2 aliphatic rings. The van der Waals surface area contributed by atoms with E-state index in [0.29, 0.717) is 12.0 Å². The number of aryl methyl sites for hydroxylation is 2. The summed E-state index contributed by atoms with van der Waals surface area (Å²) in [7, 11) is 0. The van der Waals surface area contributed by atoms with Crippen LogP contribution in [-0.2, 0) is 11.2 Å². The molecule has 1 amide bonds. The average molecular weight is 323 g/mol. The van der Waals surface area contributed by atoms with Gasteiger partial charge in [0, 0.05) is 32.2 Å². The SMILES string of the molecule is CCc1nc(C)c(C(=O)N2C[C@@H](C)[C@@H](N3CCOCC3)C2)s1. The van der Waals surface area contributed by atoms with Gasteiger partial charge in [-0.2, -0.15) is 0 Å². The van der Waals surface area contributed by atoms with Gasteiger partial charge in [0.2, 0.25) is 0 Å². The van der Waals surface area contributed by atoms with E-state index in [1.54, 1.807) is 11.3 Å². The molecule has 0 radical (unpaired) electrons. The molecular formula is C16H25N3O2S. The molecular weight excluding hydrogens is 298 g/mol. The average Bonchev–Trinajstić information content (AvgIpc) is 3.10. The van der Waals surface area contributed by atoms with Crippen molar-refractivity contribution in [1.82, 2.24) is 14.8 Å². The van der Waals surface area contributed by atoms with E-state index in [0.717, 1.165) is 61.4 Å². The van der Waals surface area contributed by atoms with E-state index in [1.807, 2.05) is 11.8 Å². The Hall–Kier alpha value is -0.980. The van der Waals surface area contributed by atoms with Gasteiger partial charge in [0.15, 0.2) is 0 Å². The van der Waals surface area contributed by atoms with E-state index in [9.17, 15) is 4.79 Å². The maximum absolute atomic E-state index is 12.8. The van der Waals surface area contributed by atoms with E-state index in [4.69, 9.17) is 4.74 Å². The van der Waals surface area contributed by atoms with Gasteiger partial charge in [0.05, 0.1) is 23.9 Å². The number of rotatable bonds is 3. The Labute approximate surface area is 136 Å². The molecule has 2 atom stereocenters. The second-order valence-corrected chi connectivity index (χ2v) is 7.36. The lowest BCUT2D eigenvalue weighted by Gasteiger charge is -2.33. The quantitative estimate of drug-likeness (QED) is 0.851. The molecule has 0 unspecified atom stereocenters. The number of hydrogen-bond donors (Lipinski definition) is 0. The largest absolute Gasteiger partial charge is 0.379 e. The fourth-order valence-corrected chi connectivity index (χ4v) is 4.42. The Kier molecular flexibility index (Phi) is 4.80. The predicted octanol–water partition coefficient (Wildman–Crippen LogP) is 1.81. The summed E-state index contributed by atoms with van der Waals surface area (Å²) >= 11 is 1.56. The summed E-state index contributed by atoms with van der Waals surface area (Å²) < 4.78 is 5.44. The summed E-state index contributed by atoms with van der Waals surface area (Å²) in [6.45, 7) is 11.5. The molecule has 2 aliphatic heterocycles. The number of ether oxygens (including phenoxy) is 1. The Bertz CT molecular complexity index is 539. The van der Waals surface area contributed by atoms with Crippen LogP contribution in [0.1, 0.15) is 34.2 Å². The van der Waals surface area contributed by atoms with Gasteiger partial charge in [0.1, 0.15) is 4.88 Å². The highest BCUT2D eigenvalue weighted by atomic mass is 32.1. The van der Waals surface area contributed by atoms with Crippen LogP contribution in [0, 0.1) is 12.8 Å². The summed E-state index contributed by atoms with van der Waals surface area (Å²) in [6, 6.07) is 0.465. The van der Waals surface area contributed by atoms with E-state index >= 15 is 0 Å². The number of nitrogens with zero attached hydrogens (tertiary/aromatic N) is 3. The van der Waals surface area contributed by atoms with Crippen molar-refractivity contribution in [2.24, 2.45) is 5.92 Å². The first kappa shape index (κ1) is 15.9. The van der Waals surface area contributed by atoms with Crippen molar-refractivity contribution < 1.29 is 9.53 Å². The number of likely N-dealkylation sites (tertiary alicyclic amines) is 1. The molecule has 6 heteroatoms. The standard InChI is InChI=1S/C16H25N3O2S/c1-4-14-17-12(3)15(22-14)16(20)19-9-11(2)13(10-19)18-5-7-21-8-6-18/h11,13H,4-10H2,1-3H3/t11-,13+/m1/s1. The van der Waals surface area contributed by atoms with Crippen molar-refractivity contribution >= 4 is 17.2 Å². The molecule has 0 aromatic carbocycles. The van der Waals surface area contributed by atoms with Crippen LogP contribution >= 0.6 is 11.3 Å². The zero-order valence-electron chi connectivity index (χ0n) is 13.7. The van der Waals surface area contributed by atoms with Crippen molar-refractivity contribution in [1.29, 1.82) is 0 Å². The van der Waals surface area contributed by atoms with Crippen molar-refractivity contribution in [3.05, 3.63) is 15.6 Å². The van der Waals surface area contributed by atoms with Crippen molar-refractivity contribution in [2.75, 3.05) is 39.4 Å². The van der Waals surface area contributed by atoms with Crippen LogP contribution in [0.5, 0.6) is 0 Å². The molecule has 3 heterocycles.